The van der Waals surface area contributed by atoms with Gasteiger partial charge in [-0.05, 0) is 72.0 Å². The molecule has 15 nitrogen and oxygen atoms in total. The van der Waals surface area contributed by atoms with E-state index in [0.717, 1.165) is 9.87 Å². The number of rotatable bonds is 19. The highest BCUT2D eigenvalue weighted by Crippen LogP contribution is 2.42. The lowest BCUT2D eigenvalue weighted by molar-refractivity contribution is 0.0644. The standard InChI is InChI=1S/C40H48N3O12PS/c1-29(2)24-43(57(49,50)36-19-15-32(16-20-36)41-39(45)52-26-31-9-5-3-6-10-31)25-38(44)37(42-40(46)54-35-21-22-51-27-35)23-30-13-17-33(18-14-30)53-28-56(47,48)55-34-11-7-4-8-12-34/h3-20,29,35,37-38,44H,21-28H2,1-2H3,(H,41,45)(H,42,46)(H,47,48)/t35-,37-,38+/m0/s1. The Morgan fingerprint density at radius 2 is 1.54 bits per heavy atom. The summed E-state index contributed by atoms with van der Waals surface area (Å²) in [6.45, 7) is 4.10. The van der Waals surface area contributed by atoms with Gasteiger partial charge in [0.25, 0.3) is 0 Å². The Morgan fingerprint density at radius 1 is 0.877 bits per heavy atom. The molecule has 4 atom stereocenters. The van der Waals surface area contributed by atoms with Crippen LogP contribution in [0.25, 0.3) is 0 Å². The lowest BCUT2D eigenvalue weighted by Gasteiger charge is -2.30. The lowest BCUT2D eigenvalue weighted by Crippen LogP contribution is -2.51. The van der Waals surface area contributed by atoms with Crippen molar-refractivity contribution in [3.63, 3.8) is 0 Å². The Labute approximate surface area is 332 Å². The molecule has 0 saturated carbocycles. The molecule has 4 aromatic carbocycles. The lowest BCUT2D eigenvalue weighted by atomic mass is 10.0. The van der Waals surface area contributed by atoms with Crippen molar-refractivity contribution in [2.75, 3.05) is 38.0 Å². The van der Waals surface area contributed by atoms with Crippen molar-refractivity contribution in [1.29, 1.82) is 0 Å². The first-order chi connectivity index (χ1) is 27.3. The van der Waals surface area contributed by atoms with E-state index in [1.807, 2.05) is 44.2 Å². The zero-order chi connectivity index (χ0) is 40.8. The highest BCUT2D eigenvalue weighted by Gasteiger charge is 2.32. The minimum atomic E-state index is -4.18. The van der Waals surface area contributed by atoms with Crippen LogP contribution >= 0.6 is 7.60 Å². The van der Waals surface area contributed by atoms with Crippen molar-refractivity contribution >= 4 is 35.5 Å². The van der Waals surface area contributed by atoms with E-state index in [0.29, 0.717) is 24.3 Å². The first-order valence-electron chi connectivity index (χ1n) is 18.3. The number of aliphatic hydroxyl groups excluding tert-OH is 1. The number of para-hydroxylation sites is 1. The summed E-state index contributed by atoms with van der Waals surface area (Å²) < 4.78 is 68.5. The molecular weight excluding hydrogens is 777 g/mol. The van der Waals surface area contributed by atoms with E-state index in [1.54, 1.807) is 54.6 Å². The Kier molecular flexibility index (Phi) is 15.5. The average Bonchev–Trinajstić information content (AvgIpc) is 3.70. The van der Waals surface area contributed by atoms with Crippen molar-refractivity contribution in [3.05, 3.63) is 120 Å². The molecule has 1 saturated heterocycles. The maximum atomic E-state index is 14.0. The smallest absolute Gasteiger partial charge is 0.413 e. The van der Waals surface area contributed by atoms with Crippen LogP contribution in [0.15, 0.2) is 114 Å². The second kappa shape index (κ2) is 20.5. The minimum absolute atomic E-state index is 0.0521. The van der Waals surface area contributed by atoms with Crippen LogP contribution in [0.1, 0.15) is 31.4 Å². The minimum Gasteiger partial charge on any atom is -0.480 e. The summed E-state index contributed by atoms with van der Waals surface area (Å²) >= 11 is 0. The average molecular weight is 826 g/mol. The molecule has 4 aromatic rings. The first-order valence-corrected chi connectivity index (χ1v) is 21.5. The van der Waals surface area contributed by atoms with Crippen LogP contribution in [0.3, 0.4) is 0 Å². The van der Waals surface area contributed by atoms with Crippen molar-refractivity contribution in [3.8, 4) is 11.5 Å². The third-order valence-corrected chi connectivity index (χ3v) is 11.4. The Bertz CT molecular complexity index is 2030. The predicted molar refractivity (Wildman–Crippen MR) is 211 cm³/mol. The number of hydrogen-bond acceptors (Lipinski definition) is 11. The molecule has 0 bridgehead atoms. The monoisotopic (exact) mass is 825 g/mol. The molecule has 0 aromatic heterocycles. The molecule has 306 valence electrons. The topological polar surface area (TPSA) is 199 Å². The quantitative estimate of drug-likeness (QED) is 0.0786. The van der Waals surface area contributed by atoms with Crippen LogP contribution < -0.4 is 19.9 Å². The number of ether oxygens (including phenoxy) is 4. The van der Waals surface area contributed by atoms with Crippen LogP contribution in [0.5, 0.6) is 11.5 Å². The predicted octanol–water partition coefficient (Wildman–Crippen LogP) is 6.17. The SMILES string of the molecule is CC(C)CN(C[C@@H](O)[C@H](Cc1ccc(OCP(=O)(O)Oc2ccccc2)cc1)NC(=O)O[C@H]1CCOC1)S(=O)(=O)c1ccc(NC(=O)OCc2ccccc2)cc1. The fraction of sp³-hybridized carbons (Fsp3) is 0.350. The fourth-order valence-electron chi connectivity index (χ4n) is 5.78. The molecule has 0 radical (unpaired) electrons. The second-order valence-electron chi connectivity index (χ2n) is 13.8. The van der Waals surface area contributed by atoms with Gasteiger partial charge in [-0.25, -0.2) is 22.6 Å². The van der Waals surface area contributed by atoms with Gasteiger partial charge in [-0.1, -0.05) is 74.5 Å². The number of aliphatic hydroxyl groups is 1. The Balaban J connectivity index is 1.25. The summed E-state index contributed by atoms with van der Waals surface area (Å²) in [4.78, 5) is 35.6. The number of nitrogens with zero attached hydrogens (tertiary/aromatic N) is 1. The van der Waals surface area contributed by atoms with Gasteiger partial charge in [0.2, 0.25) is 10.0 Å². The summed E-state index contributed by atoms with van der Waals surface area (Å²) in [7, 11) is -8.32. The molecule has 0 spiro atoms. The van der Waals surface area contributed by atoms with Gasteiger partial charge >= 0.3 is 19.8 Å². The third-order valence-electron chi connectivity index (χ3n) is 8.60. The van der Waals surface area contributed by atoms with Crippen molar-refractivity contribution < 1.29 is 56.0 Å². The molecule has 4 N–H and O–H groups in total. The largest absolute Gasteiger partial charge is 0.480 e. The number of nitrogens with one attached hydrogen (secondary N) is 2. The van der Waals surface area contributed by atoms with E-state index in [9.17, 15) is 32.6 Å². The number of carbonyl (C=O) groups is 2. The summed E-state index contributed by atoms with van der Waals surface area (Å²) in [5.74, 6) is 0.364. The van der Waals surface area contributed by atoms with Gasteiger partial charge in [0.1, 0.15) is 24.2 Å². The maximum Gasteiger partial charge on any atom is 0.413 e. The number of alkyl carbamates (subject to hydrolysis) is 1. The van der Waals surface area contributed by atoms with Gasteiger partial charge in [-0.2, -0.15) is 4.31 Å². The van der Waals surface area contributed by atoms with Crippen LogP contribution in [-0.4, -0.2) is 85.8 Å². The van der Waals surface area contributed by atoms with Gasteiger partial charge in [-0.15, -0.1) is 0 Å². The third kappa shape index (κ3) is 13.9. The summed E-state index contributed by atoms with van der Waals surface area (Å²) in [5.41, 5.74) is 1.76. The van der Waals surface area contributed by atoms with E-state index in [2.05, 4.69) is 10.6 Å². The molecule has 57 heavy (non-hydrogen) atoms. The Hall–Kier alpha value is -4.96. The molecule has 1 heterocycles. The molecular formula is C40H48N3O12PS. The summed E-state index contributed by atoms with van der Waals surface area (Å²) in [6.07, 6.45) is -3.40. The number of anilines is 1. The maximum absolute atomic E-state index is 14.0. The fourth-order valence-corrected chi connectivity index (χ4v) is 8.22. The highest BCUT2D eigenvalue weighted by atomic mass is 32.2. The van der Waals surface area contributed by atoms with Crippen LogP contribution in [-0.2, 0) is 41.8 Å². The zero-order valence-electron chi connectivity index (χ0n) is 31.6. The number of hydrogen-bond donors (Lipinski definition) is 4. The normalized spacial score (nSPS) is 16.3. The van der Waals surface area contributed by atoms with E-state index in [1.165, 1.54) is 24.3 Å². The number of carbonyl (C=O) groups excluding carboxylic acids is 2. The van der Waals surface area contributed by atoms with Crippen LogP contribution in [0, 0.1) is 5.92 Å². The molecule has 1 aliphatic heterocycles. The van der Waals surface area contributed by atoms with Crippen LogP contribution in [0.4, 0.5) is 15.3 Å². The van der Waals surface area contributed by atoms with E-state index < -0.39 is 54.4 Å². The molecule has 2 amide bonds. The molecule has 0 aliphatic carbocycles. The number of sulfonamides is 1. The van der Waals surface area contributed by atoms with Crippen LogP contribution in [0.2, 0.25) is 0 Å². The van der Waals surface area contributed by atoms with Gasteiger partial charge in [-0.3, -0.25) is 5.32 Å². The molecule has 1 fully saturated rings. The number of benzene rings is 4. The molecule has 1 aliphatic rings. The van der Waals surface area contributed by atoms with Crippen molar-refractivity contribution in [2.45, 2.75) is 56.4 Å². The van der Waals surface area contributed by atoms with Gasteiger partial charge in [0.15, 0.2) is 6.35 Å². The molecule has 17 heteroatoms. The van der Waals surface area contributed by atoms with Crippen molar-refractivity contribution in [1.82, 2.24) is 9.62 Å². The van der Waals surface area contributed by atoms with Gasteiger partial charge in [0, 0.05) is 25.2 Å². The van der Waals surface area contributed by atoms with Crippen molar-refractivity contribution in [2.24, 2.45) is 5.92 Å². The van der Waals surface area contributed by atoms with E-state index >= 15 is 0 Å². The van der Waals surface area contributed by atoms with E-state index in [-0.39, 0.29) is 55.0 Å². The molecule has 1 unspecified atom stereocenters. The zero-order valence-corrected chi connectivity index (χ0v) is 33.3. The summed E-state index contributed by atoms with van der Waals surface area (Å²) in [5, 5.41) is 16.9. The van der Waals surface area contributed by atoms with E-state index in [4.69, 9.17) is 23.5 Å². The second-order valence-corrected chi connectivity index (χ2v) is 17.5. The number of amides is 2. The Morgan fingerprint density at radius 3 is 2.18 bits per heavy atom. The van der Waals surface area contributed by atoms with Gasteiger partial charge < -0.3 is 38.8 Å². The highest BCUT2D eigenvalue weighted by molar-refractivity contribution is 7.89. The molecule has 5 rings (SSSR count). The van der Waals surface area contributed by atoms with Gasteiger partial charge in [0.05, 0.1) is 30.3 Å². The first kappa shape index (κ1) is 43.2. The summed E-state index contributed by atoms with van der Waals surface area (Å²) in [6, 6.07) is 28.4.